The van der Waals surface area contributed by atoms with Crippen molar-refractivity contribution in [1.29, 1.82) is 0 Å². The fourth-order valence-electron chi connectivity index (χ4n) is 1.72. The van der Waals surface area contributed by atoms with E-state index in [0.717, 1.165) is 17.6 Å². The van der Waals surface area contributed by atoms with E-state index < -0.39 is 6.43 Å². The molecule has 20 heavy (non-hydrogen) atoms. The fraction of sp³-hybridized carbons (Fsp3) is 0.286. The summed E-state index contributed by atoms with van der Waals surface area (Å²) in [4.78, 5) is 7.43. The van der Waals surface area contributed by atoms with Gasteiger partial charge in [-0.15, -0.1) is 0 Å². The zero-order chi connectivity index (χ0) is 14.4. The number of nitrogens with one attached hydrogen (secondary N) is 1. The Morgan fingerprint density at radius 2 is 2.05 bits per heavy atom. The molecule has 0 bridgehead atoms. The average molecular weight is 279 g/mol. The average Bonchev–Trinajstić information content (AvgIpc) is 2.47. The molecule has 106 valence electrons. The molecule has 0 fully saturated rings. The van der Waals surface area contributed by atoms with E-state index in [1.807, 2.05) is 31.2 Å². The van der Waals surface area contributed by atoms with Gasteiger partial charge in [0.2, 0.25) is 0 Å². The molecule has 2 aromatic rings. The molecule has 6 heteroatoms. The predicted octanol–water partition coefficient (Wildman–Crippen LogP) is 3.43. The highest BCUT2D eigenvalue weighted by molar-refractivity contribution is 5.40. The molecule has 1 aromatic heterocycles. The van der Waals surface area contributed by atoms with Gasteiger partial charge in [-0.25, -0.2) is 18.7 Å². The normalized spacial score (nSPS) is 10.6. The van der Waals surface area contributed by atoms with Crippen molar-refractivity contribution in [1.82, 2.24) is 9.97 Å². The van der Waals surface area contributed by atoms with Crippen LogP contribution in [0, 0.1) is 0 Å². The third-order valence-corrected chi connectivity index (χ3v) is 2.64. The molecule has 0 radical (unpaired) electrons. The largest absolute Gasteiger partial charge is 0.494 e. The number of benzene rings is 1. The Bertz CT molecular complexity index is 564. The van der Waals surface area contributed by atoms with E-state index in [4.69, 9.17) is 4.74 Å². The molecule has 0 aliphatic rings. The van der Waals surface area contributed by atoms with Gasteiger partial charge in [-0.1, -0.05) is 18.2 Å². The van der Waals surface area contributed by atoms with Crippen molar-refractivity contribution in [3.05, 3.63) is 47.9 Å². The molecule has 0 atom stereocenters. The number of nitrogens with zero attached hydrogens (tertiary/aromatic N) is 2. The molecule has 0 saturated carbocycles. The van der Waals surface area contributed by atoms with E-state index >= 15 is 0 Å². The zero-order valence-corrected chi connectivity index (χ0v) is 11.0. The van der Waals surface area contributed by atoms with E-state index in [2.05, 4.69) is 15.3 Å². The lowest BCUT2D eigenvalue weighted by atomic mass is 10.2. The molecule has 2 rings (SSSR count). The summed E-state index contributed by atoms with van der Waals surface area (Å²) in [6, 6.07) is 8.80. The van der Waals surface area contributed by atoms with Crippen LogP contribution in [0.2, 0.25) is 0 Å². The first-order valence-electron chi connectivity index (χ1n) is 6.25. The highest BCUT2D eigenvalue weighted by Gasteiger charge is 2.10. The van der Waals surface area contributed by atoms with Crippen molar-refractivity contribution >= 4 is 5.82 Å². The van der Waals surface area contributed by atoms with Crippen LogP contribution in [-0.2, 0) is 6.54 Å². The molecule has 4 nitrogen and oxygen atoms in total. The second-order valence-corrected chi connectivity index (χ2v) is 4.02. The number of hydrogen-bond donors (Lipinski definition) is 1. The number of halogens is 2. The minimum Gasteiger partial charge on any atom is -0.494 e. The quantitative estimate of drug-likeness (QED) is 0.880. The monoisotopic (exact) mass is 279 g/mol. The lowest BCUT2D eigenvalue weighted by molar-refractivity contribution is 0.146. The van der Waals surface area contributed by atoms with Crippen molar-refractivity contribution in [2.45, 2.75) is 19.9 Å². The standard InChI is InChI=1S/C14H15F2N3O/c1-2-20-12-6-4-3-5-10(12)8-17-13-7-11(14(15)16)18-9-19-13/h3-7,9,14H,2,8H2,1H3,(H,17,18,19). The molecule has 0 spiro atoms. The van der Waals surface area contributed by atoms with Crippen molar-refractivity contribution in [3.63, 3.8) is 0 Å². The number of ether oxygens (including phenoxy) is 1. The number of hydrogen-bond acceptors (Lipinski definition) is 4. The zero-order valence-electron chi connectivity index (χ0n) is 11.0. The van der Waals surface area contributed by atoms with E-state index in [0.29, 0.717) is 19.0 Å². The first kappa shape index (κ1) is 14.2. The summed E-state index contributed by atoms with van der Waals surface area (Å²) in [5.41, 5.74) is 0.646. The maximum atomic E-state index is 12.5. The van der Waals surface area contributed by atoms with Crippen LogP contribution in [0.4, 0.5) is 14.6 Å². The second-order valence-electron chi connectivity index (χ2n) is 4.02. The van der Waals surface area contributed by atoms with Crippen LogP contribution in [0.15, 0.2) is 36.7 Å². The van der Waals surface area contributed by atoms with Gasteiger partial charge < -0.3 is 10.1 Å². The van der Waals surface area contributed by atoms with Crippen molar-refractivity contribution < 1.29 is 13.5 Å². The van der Waals surface area contributed by atoms with Crippen LogP contribution in [0.1, 0.15) is 24.6 Å². The lowest BCUT2D eigenvalue weighted by Crippen LogP contribution is -2.05. The lowest BCUT2D eigenvalue weighted by Gasteiger charge is -2.11. The molecular weight excluding hydrogens is 264 g/mol. The van der Waals surface area contributed by atoms with Crippen LogP contribution >= 0.6 is 0 Å². The fourth-order valence-corrected chi connectivity index (χ4v) is 1.72. The Balaban J connectivity index is 2.07. The number of rotatable bonds is 6. The van der Waals surface area contributed by atoms with Gasteiger partial charge in [-0.3, -0.25) is 0 Å². The first-order chi connectivity index (χ1) is 9.70. The number of aromatic nitrogens is 2. The summed E-state index contributed by atoms with van der Waals surface area (Å²) in [6.07, 6.45) is -1.48. The van der Waals surface area contributed by atoms with Gasteiger partial charge in [-0.05, 0) is 13.0 Å². The van der Waals surface area contributed by atoms with Gasteiger partial charge in [-0.2, -0.15) is 0 Å². The highest BCUT2D eigenvalue weighted by atomic mass is 19.3. The van der Waals surface area contributed by atoms with Crippen molar-refractivity contribution in [2.75, 3.05) is 11.9 Å². The summed E-state index contributed by atoms with van der Waals surface area (Å²) >= 11 is 0. The summed E-state index contributed by atoms with van der Waals surface area (Å²) in [6.45, 7) is 2.92. The number of anilines is 1. The summed E-state index contributed by atoms with van der Waals surface area (Å²) in [7, 11) is 0. The van der Waals surface area contributed by atoms with Crippen molar-refractivity contribution in [2.24, 2.45) is 0 Å². The molecule has 0 aliphatic heterocycles. The van der Waals surface area contributed by atoms with Gasteiger partial charge in [0, 0.05) is 18.2 Å². The third kappa shape index (κ3) is 3.63. The van der Waals surface area contributed by atoms with Gasteiger partial charge in [0.15, 0.2) is 0 Å². The van der Waals surface area contributed by atoms with Crippen LogP contribution in [-0.4, -0.2) is 16.6 Å². The molecule has 0 amide bonds. The summed E-state index contributed by atoms with van der Waals surface area (Å²) in [5, 5.41) is 2.99. The van der Waals surface area contributed by atoms with E-state index in [9.17, 15) is 8.78 Å². The van der Waals surface area contributed by atoms with Gasteiger partial charge >= 0.3 is 0 Å². The molecule has 0 aliphatic carbocycles. The minimum atomic E-state index is -2.60. The molecule has 1 N–H and O–H groups in total. The topological polar surface area (TPSA) is 47.0 Å². The Labute approximate surface area is 115 Å². The molecule has 1 aromatic carbocycles. The molecule has 0 unspecified atom stereocenters. The SMILES string of the molecule is CCOc1ccccc1CNc1cc(C(F)F)ncn1. The molecule has 0 saturated heterocycles. The maximum Gasteiger partial charge on any atom is 0.280 e. The smallest absolute Gasteiger partial charge is 0.280 e. The Morgan fingerprint density at radius 1 is 1.25 bits per heavy atom. The second kappa shape index (κ2) is 6.79. The predicted molar refractivity (Wildman–Crippen MR) is 71.9 cm³/mol. The van der Waals surface area contributed by atoms with Crippen LogP contribution in [0.3, 0.4) is 0 Å². The van der Waals surface area contributed by atoms with Gasteiger partial charge in [0.1, 0.15) is 23.6 Å². The maximum absolute atomic E-state index is 12.5. The minimum absolute atomic E-state index is 0.291. The Hall–Kier alpha value is -2.24. The Kier molecular flexibility index (Phi) is 4.81. The summed E-state index contributed by atoms with van der Waals surface area (Å²) in [5.74, 6) is 1.13. The van der Waals surface area contributed by atoms with Crippen LogP contribution in [0.5, 0.6) is 5.75 Å². The summed E-state index contributed by atoms with van der Waals surface area (Å²) < 4.78 is 30.6. The molecular formula is C14H15F2N3O. The number of para-hydroxylation sites is 1. The van der Waals surface area contributed by atoms with E-state index in [1.54, 1.807) is 0 Å². The van der Waals surface area contributed by atoms with Gasteiger partial charge in [0.05, 0.1) is 6.61 Å². The first-order valence-corrected chi connectivity index (χ1v) is 6.25. The van der Waals surface area contributed by atoms with Crippen molar-refractivity contribution in [3.8, 4) is 5.75 Å². The van der Waals surface area contributed by atoms with E-state index in [-0.39, 0.29) is 5.69 Å². The van der Waals surface area contributed by atoms with E-state index in [1.165, 1.54) is 6.07 Å². The van der Waals surface area contributed by atoms with Gasteiger partial charge in [0.25, 0.3) is 6.43 Å². The van der Waals surface area contributed by atoms with Crippen LogP contribution in [0.25, 0.3) is 0 Å². The Morgan fingerprint density at radius 3 is 2.80 bits per heavy atom. The highest BCUT2D eigenvalue weighted by Crippen LogP contribution is 2.21. The number of alkyl halides is 2. The molecule has 1 heterocycles. The third-order valence-electron chi connectivity index (χ3n) is 2.64. The van der Waals surface area contributed by atoms with Crippen LogP contribution < -0.4 is 10.1 Å².